The summed E-state index contributed by atoms with van der Waals surface area (Å²) in [5, 5.41) is 236. The van der Waals surface area contributed by atoms with E-state index in [2.05, 4.69) is 39.7 Å². The molecule has 4 heterocycles. The van der Waals surface area contributed by atoms with Crippen LogP contribution in [0.5, 0.6) is 0 Å². The van der Waals surface area contributed by atoms with Crippen LogP contribution in [0.1, 0.15) is 20.8 Å². The van der Waals surface area contributed by atoms with Crippen molar-refractivity contribution in [3.8, 4) is 0 Å². The van der Waals surface area contributed by atoms with E-state index in [-0.39, 0.29) is 348 Å². The van der Waals surface area contributed by atoms with Gasteiger partial charge in [0.15, 0.2) is 0 Å². The molecule has 0 aliphatic carbocycles. The zero-order chi connectivity index (χ0) is 87.5. The molecule has 51 nitrogen and oxygen atoms in total. The predicted molar refractivity (Wildman–Crippen MR) is 385 cm³/mol. The molecule has 0 radical (unpaired) electrons. The SMILES string of the molecule is CC(C)C.O.OCC(O)COCOCC(O)CO.OCC(O)COCOCC(O)CO.OCC(O)COCOCC(O)CO.OCC(O)COCOCC1CO1.OCC(O)COCOCC1CO1.OCC(O)COCOCC1CO1.OCO.OCOCC(O)CO.OCOCC(O)COCOCC1CO1.OCOCOCC(O)CO.[W].[W].[W].[W].[W]. The Balaban J connectivity index is -0.0000000962. The minimum absolute atomic E-state index is 0. The largest absolute Gasteiger partial charge is 0.412 e. The summed E-state index contributed by atoms with van der Waals surface area (Å²) in [4.78, 5) is 0. The Morgan fingerprint density at radius 2 is 0.317 bits per heavy atom. The van der Waals surface area contributed by atoms with Gasteiger partial charge in [0.25, 0.3) is 0 Å². The zero-order valence-corrected chi connectivity index (χ0v) is 82.6. The summed E-state index contributed by atoms with van der Waals surface area (Å²) in [7, 11) is 0. The van der Waals surface area contributed by atoms with Gasteiger partial charge >= 0.3 is 0 Å². The van der Waals surface area contributed by atoms with Crippen LogP contribution < -0.4 is 0 Å². The average Bonchev–Trinajstić information content (AvgIpc) is 1.83. The normalized spacial score (nSPS) is 17.4. The quantitative estimate of drug-likeness (QED) is 0.0153. The van der Waals surface area contributed by atoms with E-state index in [0.29, 0.717) is 26.4 Å². The maximum Gasteiger partial charge on any atom is 0.149 e. The summed E-state index contributed by atoms with van der Waals surface area (Å²) in [6.07, 6.45) is -9.46. The Labute approximate surface area is 770 Å². The van der Waals surface area contributed by atoms with Crippen molar-refractivity contribution in [2.75, 3.05) is 293 Å². The monoisotopic (exact) mass is 2650 g/mol. The van der Waals surface area contributed by atoms with Gasteiger partial charge in [-0.15, -0.1) is 0 Å². The molecule has 4 saturated heterocycles. The van der Waals surface area contributed by atoms with Gasteiger partial charge in [-0.3, -0.25) is 0 Å². The van der Waals surface area contributed by atoms with E-state index < -0.39 is 100 Å². The van der Waals surface area contributed by atoms with Crippen molar-refractivity contribution in [3.05, 3.63) is 0 Å². The molecule has 0 amide bonds. The Bertz CT molecular complexity index is 1570. The molecule has 736 valence electrons. The fourth-order valence-electron chi connectivity index (χ4n) is 4.91. The first kappa shape index (κ1) is 150. The number of hydrogen-bond acceptors (Lipinski definition) is 50. The third kappa shape index (κ3) is 151. The van der Waals surface area contributed by atoms with E-state index in [1.54, 1.807) is 0 Å². The minimum Gasteiger partial charge on any atom is -0.412 e. The van der Waals surface area contributed by atoms with Gasteiger partial charge in [0.2, 0.25) is 0 Å². The molecule has 120 heavy (non-hydrogen) atoms. The van der Waals surface area contributed by atoms with Crippen molar-refractivity contribution in [1.29, 1.82) is 0 Å². The van der Waals surface area contributed by atoms with Crippen LogP contribution in [0.15, 0.2) is 0 Å². The standard InChI is InChI=1S/C8H16O6.3C7H16O6.3C7H14O5.C5H12O5.C4H10O4.C4H10.CH4O2.H2O.5W/c9-5-11-1-7(10)2-12-6-13-3-8-4-14-8;3*8-1-6(10)3-12-5-13-4-7(11)2-9;3*8-1-6(9)2-10-5-11-3-7-4-12-7;6-1-5(8)2-9-4-10-3-7;5-1-4(7)2-8-3-6;1-4(2)3;2-1-3;;;;;;/h7-10H,1-6H2;3*6-11H,1-5H2;3*6-9H,1-5H2;5-8H,1-4H2;4-7H,1-3H2;4H,1-3H3;2-3H,1H2;1H2;;;;;. The first-order valence-electron chi connectivity index (χ1n) is 35.4. The van der Waals surface area contributed by atoms with E-state index in [4.69, 9.17) is 228 Å². The van der Waals surface area contributed by atoms with Crippen molar-refractivity contribution in [3.63, 3.8) is 0 Å². The Morgan fingerprint density at radius 1 is 0.208 bits per heavy atom. The predicted octanol–water partition coefficient (Wildman–Crippen LogP) is -15.7. The van der Waals surface area contributed by atoms with Gasteiger partial charge in [0.1, 0.15) is 179 Å². The van der Waals surface area contributed by atoms with Gasteiger partial charge in [0.05, 0.1) is 211 Å². The molecule has 0 aromatic carbocycles. The number of aliphatic hydroxyl groups is 28. The third-order valence-electron chi connectivity index (χ3n) is 10.8. The Morgan fingerprint density at radius 3 is 0.442 bits per heavy atom. The number of hydrogen-bond donors (Lipinski definition) is 28. The van der Waals surface area contributed by atoms with E-state index in [1.165, 1.54) is 0 Å². The van der Waals surface area contributed by atoms with E-state index in [0.717, 1.165) is 32.3 Å². The molecule has 0 aromatic heterocycles. The molecular formula is C64H144O51W5. The summed E-state index contributed by atoms with van der Waals surface area (Å²) in [6.45, 7) is 6.56. The Hall–Kier alpha value is 1.40. The smallest absolute Gasteiger partial charge is 0.149 e. The second-order valence-corrected chi connectivity index (χ2v) is 23.4. The molecule has 16 atom stereocenters. The van der Waals surface area contributed by atoms with E-state index >= 15 is 0 Å². The summed E-state index contributed by atoms with van der Waals surface area (Å²) in [5.74, 6) is 0.833. The molecule has 4 rings (SSSR count). The number of rotatable bonds is 64. The summed E-state index contributed by atoms with van der Waals surface area (Å²) in [5.41, 5.74) is 0. The van der Waals surface area contributed by atoms with Crippen LogP contribution in [-0.4, -0.2) is 539 Å². The van der Waals surface area contributed by atoms with Crippen LogP contribution in [0, 0.1) is 5.92 Å². The minimum atomic E-state index is -0.911. The second-order valence-electron chi connectivity index (χ2n) is 23.4. The van der Waals surface area contributed by atoms with E-state index in [1.807, 2.05) is 0 Å². The van der Waals surface area contributed by atoms with E-state index in [9.17, 15) is 0 Å². The maximum atomic E-state index is 9.16. The van der Waals surface area contributed by atoms with Crippen molar-refractivity contribution < 1.29 is 358 Å². The maximum absolute atomic E-state index is 9.16. The number of aliphatic hydroxyl groups excluding tert-OH is 27. The zero-order valence-electron chi connectivity index (χ0n) is 68.0. The number of epoxide rings is 4. The molecule has 0 bridgehead atoms. The third-order valence-corrected chi connectivity index (χ3v) is 10.8. The first-order valence-corrected chi connectivity index (χ1v) is 35.4. The van der Waals surface area contributed by atoms with Crippen LogP contribution in [-0.2, 0) is 210 Å². The summed E-state index contributed by atoms with van der Waals surface area (Å²) in [6, 6.07) is 0. The van der Waals surface area contributed by atoms with Crippen LogP contribution in [0.4, 0.5) is 0 Å². The van der Waals surface area contributed by atoms with Crippen LogP contribution in [0.3, 0.4) is 0 Å². The van der Waals surface area contributed by atoms with Gasteiger partial charge in [0, 0.05) is 105 Å². The summed E-state index contributed by atoms with van der Waals surface area (Å²) >= 11 is 0. The molecule has 16 unspecified atom stereocenters. The van der Waals surface area contributed by atoms with Gasteiger partial charge in [-0.25, -0.2) is 0 Å². The van der Waals surface area contributed by atoms with Crippen molar-refractivity contribution in [2.45, 2.75) is 118 Å². The fourth-order valence-corrected chi connectivity index (χ4v) is 4.91. The van der Waals surface area contributed by atoms with Gasteiger partial charge in [-0.2, -0.15) is 0 Å². The molecule has 4 aliphatic rings. The molecule has 4 aliphatic heterocycles. The topological polar surface area (TPSA) is 814 Å². The molecule has 0 spiro atoms. The molecule has 56 heteroatoms. The summed E-state index contributed by atoms with van der Waals surface area (Å²) < 4.78 is 106. The van der Waals surface area contributed by atoms with Gasteiger partial charge < -0.3 is 253 Å². The van der Waals surface area contributed by atoms with Crippen molar-refractivity contribution in [1.82, 2.24) is 0 Å². The Kier molecular flexibility index (Phi) is 153. The average molecular weight is 2650 g/mol. The molecular weight excluding hydrogens is 2500 g/mol. The van der Waals surface area contributed by atoms with Gasteiger partial charge in [-0.1, -0.05) is 20.8 Å². The van der Waals surface area contributed by atoms with Crippen molar-refractivity contribution in [2.24, 2.45) is 5.92 Å². The van der Waals surface area contributed by atoms with Crippen LogP contribution in [0.2, 0.25) is 0 Å². The molecule has 0 aromatic rings. The molecule has 0 saturated carbocycles. The van der Waals surface area contributed by atoms with Crippen LogP contribution >= 0.6 is 0 Å². The number of ether oxygens (including phenoxy) is 22. The molecule has 30 N–H and O–H groups in total. The van der Waals surface area contributed by atoms with Crippen LogP contribution in [0.25, 0.3) is 0 Å². The van der Waals surface area contributed by atoms with Crippen molar-refractivity contribution >= 4 is 0 Å². The molecule has 4 fully saturated rings. The fraction of sp³-hybridized carbons (Fsp3) is 1.00. The van der Waals surface area contributed by atoms with Gasteiger partial charge in [-0.05, 0) is 5.92 Å². The first-order chi connectivity index (χ1) is 54.7. The second kappa shape index (κ2) is 122.